The minimum atomic E-state index is -4.08. The molecule has 0 aliphatic carbocycles. The number of fused-ring (bicyclic) bond motifs is 1. The molecule has 0 unspecified atom stereocenters. The van der Waals surface area contributed by atoms with Crippen molar-refractivity contribution in [2.45, 2.75) is 62.5 Å². The third-order valence-corrected chi connectivity index (χ3v) is 9.84. The highest BCUT2D eigenvalue weighted by Gasteiger charge is 2.49. The number of nitrogens with two attached hydrogens (primary N) is 2. The van der Waals surface area contributed by atoms with Gasteiger partial charge in [-0.25, -0.2) is 13.2 Å². The van der Waals surface area contributed by atoms with E-state index < -0.39 is 46.0 Å². The Morgan fingerprint density at radius 3 is 2.44 bits per heavy atom. The monoisotopic (exact) mass is 590 g/mol. The smallest absolute Gasteiger partial charge is 0.407 e. The average Bonchev–Trinajstić information content (AvgIpc) is 3.53. The van der Waals surface area contributed by atoms with Crippen LogP contribution in [-0.4, -0.2) is 91.3 Å². The van der Waals surface area contributed by atoms with Crippen molar-refractivity contribution in [1.82, 2.24) is 9.21 Å². The number of ether oxygens (including phenoxy) is 2. The maximum absolute atomic E-state index is 13.9. The highest BCUT2D eigenvalue weighted by Crippen LogP contribution is 2.36. The van der Waals surface area contributed by atoms with Crippen molar-refractivity contribution in [3.05, 3.63) is 60.2 Å². The number of sulfonamides is 1. The van der Waals surface area contributed by atoms with Gasteiger partial charge in [0.2, 0.25) is 10.0 Å². The standard InChI is InChI=1S/C29H42N4O7S/c1-29(2,13-14-30)19-32(41(37,38)22-10-8-21(31)9-11-22)17-26(34)24(16-20-6-4-3-5-7-20)33(28(35)36)25-18-40-27-23(25)12-15-39-27/h3-11,23-27,34H,12-19,30-31H2,1-2H3,(H,35,36)/t23-,24-,25-,26+,27+/m0/s1. The van der Waals surface area contributed by atoms with Crippen LogP contribution in [-0.2, 0) is 25.9 Å². The van der Waals surface area contributed by atoms with Crippen molar-refractivity contribution in [2.75, 3.05) is 38.6 Å². The Hall–Kier alpha value is -2.74. The summed E-state index contributed by atoms with van der Waals surface area (Å²) in [6.07, 6.45) is -1.68. The van der Waals surface area contributed by atoms with Gasteiger partial charge < -0.3 is 31.2 Å². The van der Waals surface area contributed by atoms with E-state index in [9.17, 15) is 23.4 Å². The van der Waals surface area contributed by atoms with Crippen LogP contribution in [0, 0.1) is 11.3 Å². The maximum atomic E-state index is 13.9. The lowest BCUT2D eigenvalue weighted by Gasteiger charge is -2.40. The van der Waals surface area contributed by atoms with Crippen LogP contribution in [0.2, 0.25) is 0 Å². The fourth-order valence-corrected chi connectivity index (χ4v) is 7.49. The van der Waals surface area contributed by atoms with Gasteiger partial charge in [-0.2, -0.15) is 4.31 Å². The minimum absolute atomic E-state index is 0.0345. The molecule has 2 saturated heterocycles. The van der Waals surface area contributed by atoms with Crippen LogP contribution < -0.4 is 11.5 Å². The number of carboxylic acid groups (broad SMARTS) is 1. The molecule has 12 heteroatoms. The van der Waals surface area contributed by atoms with E-state index >= 15 is 0 Å². The first-order valence-electron chi connectivity index (χ1n) is 13.9. The van der Waals surface area contributed by atoms with Crippen molar-refractivity contribution in [3.8, 4) is 0 Å². The quantitative estimate of drug-likeness (QED) is 0.256. The molecule has 11 nitrogen and oxygen atoms in total. The molecule has 2 heterocycles. The van der Waals surface area contributed by atoms with Gasteiger partial charge >= 0.3 is 6.09 Å². The largest absolute Gasteiger partial charge is 0.465 e. The van der Waals surface area contributed by atoms with Gasteiger partial charge in [0.15, 0.2) is 6.29 Å². The molecule has 0 saturated carbocycles. The van der Waals surface area contributed by atoms with E-state index in [4.69, 9.17) is 20.9 Å². The number of aliphatic hydroxyl groups excluding tert-OH is 1. The molecule has 6 N–H and O–H groups in total. The zero-order chi connectivity index (χ0) is 29.8. The molecule has 4 rings (SSSR count). The first kappa shape index (κ1) is 31.2. The van der Waals surface area contributed by atoms with Crippen LogP contribution in [0.25, 0.3) is 0 Å². The molecular formula is C29H42N4O7S. The van der Waals surface area contributed by atoms with Crippen LogP contribution in [0.3, 0.4) is 0 Å². The number of rotatable bonds is 13. The lowest BCUT2D eigenvalue weighted by Crippen LogP contribution is -2.58. The summed E-state index contributed by atoms with van der Waals surface area (Å²) in [4.78, 5) is 14.1. The van der Waals surface area contributed by atoms with Crippen molar-refractivity contribution in [2.24, 2.45) is 17.1 Å². The normalized spacial score (nSPS) is 22.4. The van der Waals surface area contributed by atoms with Gasteiger partial charge in [-0.1, -0.05) is 44.2 Å². The van der Waals surface area contributed by atoms with E-state index in [0.29, 0.717) is 31.7 Å². The van der Waals surface area contributed by atoms with Crippen LogP contribution >= 0.6 is 0 Å². The molecule has 0 aromatic heterocycles. The zero-order valence-corrected chi connectivity index (χ0v) is 24.4. The van der Waals surface area contributed by atoms with E-state index in [2.05, 4.69) is 0 Å². The molecule has 0 radical (unpaired) electrons. The first-order valence-corrected chi connectivity index (χ1v) is 15.4. The lowest BCUT2D eigenvalue weighted by atomic mass is 9.89. The predicted octanol–water partition coefficient (Wildman–Crippen LogP) is 2.35. The summed E-state index contributed by atoms with van der Waals surface area (Å²) in [6, 6.07) is 13.7. The molecule has 41 heavy (non-hydrogen) atoms. The molecule has 5 atom stereocenters. The minimum Gasteiger partial charge on any atom is -0.465 e. The van der Waals surface area contributed by atoms with Gasteiger partial charge in [-0.3, -0.25) is 4.90 Å². The van der Waals surface area contributed by atoms with E-state index in [-0.39, 0.29) is 36.9 Å². The van der Waals surface area contributed by atoms with Crippen molar-refractivity contribution in [1.29, 1.82) is 0 Å². The van der Waals surface area contributed by atoms with Gasteiger partial charge in [0, 0.05) is 24.7 Å². The summed E-state index contributed by atoms with van der Waals surface area (Å²) in [5.41, 5.74) is 12.4. The molecule has 1 amide bonds. The number of carbonyl (C=O) groups is 1. The molecule has 2 aromatic rings. The number of nitrogen functional groups attached to an aromatic ring is 1. The second kappa shape index (κ2) is 13.1. The summed E-state index contributed by atoms with van der Waals surface area (Å²) < 4.78 is 40.5. The molecule has 2 aliphatic rings. The van der Waals surface area contributed by atoms with E-state index in [0.717, 1.165) is 5.56 Å². The number of anilines is 1. The number of hydrogen-bond donors (Lipinski definition) is 4. The first-order chi connectivity index (χ1) is 19.4. The molecule has 2 fully saturated rings. The van der Waals surface area contributed by atoms with E-state index in [1.54, 1.807) is 0 Å². The van der Waals surface area contributed by atoms with Gasteiger partial charge in [0.05, 0.1) is 36.3 Å². The van der Waals surface area contributed by atoms with Crippen LogP contribution in [0.1, 0.15) is 32.3 Å². The average molecular weight is 591 g/mol. The van der Waals surface area contributed by atoms with Crippen molar-refractivity contribution < 1.29 is 32.9 Å². The second-order valence-electron chi connectivity index (χ2n) is 11.7. The highest BCUT2D eigenvalue weighted by atomic mass is 32.2. The SMILES string of the molecule is CC(C)(CCN)CN(C[C@@H](O)[C@H](Cc1ccccc1)N(C(=O)O)[C@H]1CO[C@H]2OCC[C@H]21)S(=O)(=O)c1ccc(N)cc1. The topological polar surface area (TPSA) is 169 Å². The van der Waals surface area contributed by atoms with Gasteiger partial charge in [-0.05, 0) is 61.1 Å². The highest BCUT2D eigenvalue weighted by molar-refractivity contribution is 7.89. The van der Waals surface area contributed by atoms with Gasteiger partial charge in [-0.15, -0.1) is 0 Å². The van der Waals surface area contributed by atoms with Crippen LogP contribution in [0.15, 0.2) is 59.5 Å². The Morgan fingerprint density at radius 2 is 1.80 bits per heavy atom. The summed E-state index contributed by atoms with van der Waals surface area (Å²) >= 11 is 0. The second-order valence-corrected chi connectivity index (χ2v) is 13.6. The summed E-state index contributed by atoms with van der Waals surface area (Å²) in [7, 11) is -4.08. The number of hydrogen-bond acceptors (Lipinski definition) is 8. The number of aliphatic hydroxyl groups is 1. The Bertz CT molecular complexity index is 1260. The van der Waals surface area contributed by atoms with Crippen LogP contribution in [0.4, 0.5) is 10.5 Å². The molecule has 0 spiro atoms. The molecule has 2 aliphatic heterocycles. The fraction of sp³-hybridized carbons (Fsp3) is 0.552. The Labute approximate surface area is 242 Å². The summed E-state index contributed by atoms with van der Waals surface area (Å²) in [5, 5.41) is 22.3. The molecule has 226 valence electrons. The molecular weight excluding hydrogens is 548 g/mol. The number of benzene rings is 2. The third-order valence-electron chi connectivity index (χ3n) is 8.01. The summed E-state index contributed by atoms with van der Waals surface area (Å²) in [5.74, 6) is -0.172. The number of nitrogens with zero attached hydrogens (tertiary/aromatic N) is 2. The van der Waals surface area contributed by atoms with Crippen molar-refractivity contribution in [3.63, 3.8) is 0 Å². The van der Waals surface area contributed by atoms with Crippen molar-refractivity contribution >= 4 is 21.8 Å². The molecule has 0 bridgehead atoms. The van der Waals surface area contributed by atoms with Gasteiger partial charge in [0.25, 0.3) is 0 Å². The lowest BCUT2D eigenvalue weighted by molar-refractivity contribution is -0.0906. The van der Waals surface area contributed by atoms with Gasteiger partial charge in [0.1, 0.15) is 0 Å². The Kier molecular flexibility index (Phi) is 9.93. The van der Waals surface area contributed by atoms with E-state index in [1.165, 1.54) is 33.5 Å². The zero-order valence-electron chi connectivity index (χ0n) is 23.6. The fourth-order valence-electron chi connectivity index (χ4n) is 5.85. The number of amides is 1. The summed E-state index contributed by atoms with van der Waals surface area (Å²) in [6.45, 7) is 4.55. The van der Waals surface area contributed by atoms with Crippen LogP contribution in [0.5, 0.6) is 0 Å². The third kappa shape index (κ3) is 7.37. The Balaban J connectivity index is 1.70. The molecule has 2 aromatic carbocycles. The predicted molar refractivity (Wildman–Crippen MR) is 154 cm³/mol. The maximum Gasteiger partial charge on any atom is 0.407 e. The van der Waals surface area contributed by atoms with E-state index in [1.807, 2.05) is 44.2 Å². The Morgan fingerprint density at radius 1 is 1.12 bits per heavy atom.